The molecule has 1 saturated carbocycles. The van der Waals surface area contributed by atoms with Gasteiger partial charge in [-0.15, -0.1) is 0 Å². The van der Waals surface area contributed by atoms with E-state index in [2.05, 4.69) is 0 Å². The number of hydrogen-bond donors (Lipinski definition) is 1. The third-order valence-electron chi connectivity index (χ3n) is 3.30. The maximum absolute atomic E-state index is 12.0. The Bertz CT molecular complexity index is 358. The molecule has 0 heterocycles. The summed E-state index contributed by atoms with van der Waals surface area (Å²) in [5.41, 5.74) is 7.13. The van der Waals surface area contributed by atoms with E-state index in [0.29, 0.717) is 5.75 Å². The van der Waals surface area contributed by atoms with E-state index in [4.69, 9.17) is 10.5 Å². The van der Waals surface area contributed by atoms with Crippen LogP contribution in [0.2, 0.25) is 0 Å². The van der Waals surface area contributed by atoms with Gasteiger partial charge < -0.3 is 10.5 Å². The van der Waals surface area contributed by atoms with Gasteiger partial charge in [0, 0.05) is 5.54 Å². The molecule has 0 saturated heterocycles. The second kappa shape index (κ2) is 5.00. The van der Waals surface area contributed by atoms with Crippen molar-refractivity contribution < 1.29 is 13.5 Å². The quantitative estimate of drug-likeness (QED) is 0.879. The molecule has 1 fully saturated rings. The highest BCUT2D eigenvalue weighted by Crippen LogP contribution is 2.36. The van der Waals surface area contributed by atoms with Crippen LogP contribution in [0.1, 0.15) is 31.2 Å². The second-order valence-corrected chi connectivity index (χ2v) is 4.59. The third-order valence-corrected chi connectivity index (χ3v) is 3.30. The number of rotatable bonds is 4. The molecule has 0 amide bonds. The number of nitrogens with two attached hydrogens (primary N) is 1. The van der Waals surface area contributed by atoms with E-state index < -0.39 is 13.0 Å². The molecule has 4 heteroatoms. The fourth-order valence-electron chi connectivity index (χ4n) is 2.34. The first kappa shape index (κ1) is 12.3. The molecule has 1 aromatic rings. The Morgan fingerprint density at radius 1 is 1.18 bits per heavy atom. The van der Waals surface area contributed by atoms with E-state index in [0.717, 1.165) is 31.2 Å². The fraction of sp³-hybridized carbons (Fsp3) is 0.538. The number of hydrogen-bond acceptors (Lipinski definition) is 2. The molecular weight excluding hydrogens is 224 g/mol. The van der Waals surface area contributed by atoms with Crippen LogP contribution >= 0.6 is 0 Å². The van der Waals surface area contributed by atoms with Crippen molar-refractivity contribution in [1.82, 2.24) is 0 Å². The van der Waals surface area contributed by atoms with Crippen molar-refractivity contribution in [1.29, 1.82) is 0 Å². The van der Waals surface area contributed by atoms with Crippen molar-refractivity contribution in [2.75, 3.05) is 6.61 Å². The van der Waals surface area contributed by atoms with Crippen LogP contribution in [-0.2, 0) is 5.54 Å². The third kappa shape index (κ3) is 2.94. The minimum absolute atomic E-state index is 0.235. The first-order chi connectivity index (χ1) is 8.10. The lowest BCUT2D eigenvalue weighted by atomic mass is 9.89. The SMILES string of the molecule is NC1(c2ccc(OCC(F)F)cc2)CCCC1. The van der Waals surface area contributed by atoms with Crippen molar-refractivity contribution in [3.05, 3.63) is 29.8 Å². The van der Waals surface area contributed by atoms with E-state index in [-0.39, 0.29) is 5.54 Å². The van der Waals surface area contributed by atoms with Crippen molar-refractivity contribution in [2.45, 2.75) is 37.6 Å². The van der Waals surface area contributed by atoms with Crippen molar-refractivity contribution in [3.63, 3.8) is 0 Å². The van der Waals surface area contributed by atoms with E-state index in [1.807, 2.05) is 12.1 Å². The van der Waals surface area contributed by atoms with Gasteiger partial charge in [-0.25, -0.2) is 8.78 Å². The Balaban J connectivity index is 2.02. The minimum Gasteiger partial charge on any atom is -0.488 e. The van der Waals surface area contributed by atoms with Crippen LogP contribution < -0.4 is 10.5 Å². The fourth-order valence-corrected chi connectivity index (χ4v) is 2.34. The largest absolute Gasteiger partial charge is 0.488 e. The maximum Gasteiger partial charge on any atom is 0.272 e. The number of benzene rings is 1. The minimum atomic E-state index is -2.44. The highest BCUT2D eigenvalue weighted by Gasteiger charge is 2.30. The normalized spacial score (nSPS) is 18.6. The first-order valence-electron chi connectivity index (χ1n) is 5.90. The molecular formula is C13H17F2NO. The van der Waals surface area contributed by atoms with Crippen molar-refractivity contribution in [2.24, 2.45) is 5.73 Å². The molecule has 0 unspecified atom stereocenters. The molecule has 0 bridgehead atoms. The molecule has 0 aromatic heterocycles. The number of ether oxygens (including phenoxy) is 1. The lowest BCUT2D eigenvalue weighted by molar-refractivity contribution is 0.0819. The highest BCUT2D eigenvalue weighted by molar-refractivity contribution is 5.32. The van der Waals surface area contributed by atoms with Crippen LogP contribution in [0.15, 0.2) is 24.3 Å². The Kier molecular flexibility index (Phi) is 3.62. The summed E-state index contributed by atoms with van der Waals surface area (Å²) >= 11 is 0. The van der Waals surface area contributed by atoms with Crippen LogP contribution in [0.5, 0.6) is 5.75 Å². The highest BCUT2D eigenvalue weighted by atomic mass is 19.3. The van der Waals surface area contributed by atoms with E-state index in [9.17, 15) is 8.78 Å². The zero-order valence-electron chi connectivity index (χ0n) is 9.66. The topological polar surface area (TPSA) is 35.2 Å². The summed E-state index contributed by atoms with van der Waals surface area (Å²) in [5.74, 6) is 0.468. The van der Waals surface area contributed by atoms with Gasteiger partial charge in [0.1, 0.15) is 12.4 Å². The molecule has 2 rings (SSSR count). The van der Waals surface area contributed by atoms with Gasteiger partial charge in [0.15, 0.2) is 0 Å². The molecule has 1 aliphatic carbocycles. The summed E-state index contributed by atoms with van der Waals surface area (Å²) in [6.07, 6.45) is 1.85. The summed E-state index contributed by atoms with van der Waals surface area (Å²) < 4.78 is 28.9. The molecule has 1 aliphatic rings. The zero-order chi connectivity index (χ0) is 12.3. The van der Waals surface area contributed by atoms with E-state index >= 15 is 0 Å². The van der Waals surface area contributed by atoms with Gasteiger partial charge in [0.2, 0.25) is 0 Å². The monoisotopic (exact) mass is 241 g/mol. The van der Waals surface area contributed by atoms with Gasteiger partial charge in [-0.1, -0.05) is 25.0 Å². The Hall–Kier alpha value is -1.16. The van der Waals surface area contributed by atoms with E-state index in [1.165, 1.54) is 0 Å². The molecule has 2 N–H and O–H groups in total. The second-order valence-electron chi connectivity index (χ2n) is 4.59. The van der Waals surface area contributed by atoms with Gasteiger partial charge in [-0.2, -0.15) is 0 Å². The van der Waals surface area contributed by atoms with Crippen molar-refractivity contribution in [3.8, 4) is 5.75 Å². The first-order valence-corrected chi connectivity index (χ1v) is 5.90. The lowest BCUT2D eigenvalue weighted by Gasteiger charge is -2.24. The summed E-state index contributed by atoms with van der Waals surface area (Å²) in [6, 6.07) is 7.19. The average Bonchev–Trinajstić information content (AvgIpc) is 2.75. The Morgan fingerprint density at radius 2 is 1.76 bits per heavy atom. The van der Waals surface area contributed by atoms with Crippen LogP contribution in [0.25, 0.3) is 0 Å². The molecule has 1 aromatic carbocycles. The van der Waals surface area contributed by atoms with Crippen molar-refractivity contribution >= 4 is 0 Å². The predicted octanol–water partition coefficient (Wildman–Crippen LogP) is 3.06. The summed E-state index contributed by atoms with van der Waals surface area (Å²) in [5, 5.41) is 0. The molecule has 0 radical (unpaired) electrons. The Labute approximate surface area is 99.8 Å². The number of alkyl halides is 2. The maximum atomic E-state index is 12.0. The standard InChI is InChI=1S/C13H17F2NO/c14-12(15)9-17-11-5-3-10(4-6-11)13(16)7-1-2-8-13/h3-6,12H,1-2,7-9,16H2. The zero-order valence-corrected chi connectivity index (χ0v) is 9.66. The smallest absolute Gasteiger partial charge is 0.272 e. The summed E-state index contributed by atoms with van der Waals surface area (Å²) in [7, 11) is 0. The molecule has 94 valence electrons. The average molecular weight is 241 g/mol. The van der Waals surface area contributed by atoms with Crippen LogP contribution in [0.4, 0.5) is 8.78 Å². The molecule has 2 nitrogen and oxygen atoms in total. The number of halogens is 2. The van der Waals surface area contributed by atoms with Gasteiger partial charge >= 0.3 is 0 Å². The lowest BCUT2D eigenvalue weighted by Crippen LogP contribution is -2.32. The molecule has 0 spiro atoms. The van der Waals surface area contributed by atoms with Gasteiger partial charge in [-0.3, -0.25) is 0 Å². The van der Waals surface area contributed by atoms with E-state index in [1.54, 1.807) is 12.1 Å². The Morgan fingerprint density at radius 3 is 2.29 bits per heavy atom. The predicted molar refractivity (Wildman–Crippen MR) is 62.3 cm³/mol. The summed E-state index contributed by atoms with van der Waals surface area (Å²) in [6.45, 7) is -0.562. The molecule has 0 aliphatic heterocycles. The molecule has 17 heavy (non-hydrogen) atoms. The molecule has 0 atom stereocenters. The van der Waals surface area contributed by atoms with Crippen LogP contribution in [0.3, 0.4) is 0 Å². The van der Waals surface area contributed by atoms with Crippen LogP contribution in [-0.4, -0.2) is 13.0 Å². The van der Waals surface area contributed by atoms with Gasteiger partial charge in [-0.05, 0) is 30.5 Å². The summed E-state index contributed by atoms with van der Waals surface area (Å²) in [4.78, 5) is 0. The van der Waals surface area contributed by atoms with Gasteiger partial charge in [0.25, 0.3) is 6.43 Å². The van der Waals surface area contributed by atoms with Crippen LogP contribution in [0, 0.1) is 0 Å². The van der Waals surface area contributed by atoms with Gasteiger partial charge in [0.05, 0.1) is 0 Å².